The highest BCUT2D eigenvalue weighted by Gasteiger charge is 2.23. The number of imidazole rings is 2. The summed E-state index contributed by atoms with van der Waals surface area (Å²) in [5.41, 5.74) is 4.71. The lowest BCUT2D eigenvalue weighted by Crippen LogP contribution is -2.11. The van der Waals surface area contributed by atoms with E-state index in [1.165, 1.54) is 11.1 Å². The molecule has 0 saturated carbocycles. The molecule has 4 aromatic rings. The Labute approximate surface area is 167 Å². The van der Waals surface area contributed by atoms with E-state index in [1.807, 2.05) is 35.2 Å². The lowest BCUT2D eigenvalue weighted by molar-refractivity contribution is 0.482. The van der Waals surface area contributed by atoms with Crippen LogP contribution in [0.1, 0.15) is 11.1 Å². The van der Waals surface area contributed by atoms with Gasteiger partial charge in [-0.1, -0.05) is 18.7 Å². The highest BCUT2D eigenvalue weighted by atomic mass is 16.5. The summed E-state index contributed by atoms with van der Waals surface area (Å²) in [6, 6.07) is 12.4. The van der Waals surface area contributed by atoms with Crippen molar-refractivity contribution in [2.75, 3.05) is 0 Å². The number of fused-ring (bicyclic) bond motifs is 6. The summed E-state index contributed by atoms with van der Waals surface area (Å²) in [4.78, 5) is 12.6. The van der Waals surface area contributed by atoms with Crippen LogP contribution >= 0.6 is 0 Å². The van der Waals surface area contributed by atoms with Crippen LogP contribution in [0.25, 0.3) is 27.6 Å². The van der Waals surface area contributed by atoms with Crippen LogP contribution in [0.2, 0.25) is 0 Å². The number of hydrogen-bond donors (Lipinski definition) is 0. The minimum absolute atomic E-state index is 0.585. The van der Waals surface area contributed by atoms with E-state index in [0.717, 1.165) is 60.2 Å². The van der Waals surface area contributed by atoms with Crippen molar-refractivity contribution in [3.8, 4) is 34.3 Å². The van der Waals surface area contributed by atoms with Crippen LogP contribution in [0, 0.1) is 6.57 Å². The van der Waals surface area contributed by atoms with Crippen LogP contribution in [0.15, 0.2) is 55.0 Å². The predicted molar refractivity (Wildman–Crippen MR) is 109 cm³/mol. The SMILES string of the molecule is [C-]#[N+]c1cnc2n1CCc1ccc(Oc3ccc4c(c3)-c3nccn3CC4)cc1-2. The zero-order valence-corrected chi connectivity index (χ0v) is 15.7. The van der Waals surface area contributed by atoms with Crippen LogP contribution in [0.4, 0.5) is 5.82 Å². The Morgan fingerprint density at radius 2 is 1.62 bits per heavy atom. The van der Waals surface area contributed by atoms with Gasteiger partial charge >= 0.3 is 0 Å². The Morgan fingerprint density at radius 1 is 0.897 bits per heavy atom. The second-order valence-electron chi connectivity index (χ2n) is 7.39. The molecule has 0 fully saturated rings. The molecule has 29 heavy (non-hydrogen) atoms. The summed E-state index contributed by atoms with van der Waals surface area (Å²) < 4.78 is 10.4. The maximum atomic E-state index is 7.32. The molecule has 6 rings (SSSR count). The van der Waals surface area contributed by atoms with Crippen molar-refractivity contribution in [1.29, 1.82) is 0 Å². The van der Waals surface area contributed by atoms with E-state index in [4.69, 9.17) is 11.3 Å². The third kappa shape index (κ3) is 2.48. The van der Waals surface area contributed by atoms with Crippen molar-refractivity contribution in [2.45, 2.75) is 25.9 Å². The molecule has 0 bridgehead atoms. The number of ether oxygens (including phenoxy) is 1. The summed E-state index contributed by atoms with van der Waals surface area (Å²) in [5, 5.41) is 0. The summed E-state index contributed by atoms with van der Waals surface area (Å²) in [6.07, 6.45) is 7.42. The van der Waals surface area contributed by atoms with Crippen molar-refractivity contribution in [3.05, 3.63) is 77.5 Å². The number of benzene rings is 2. The number of rotatable bonds is 2. The Morgan fingerprint density at radius 3 is 2.38 bits per heavy atom. The van der Waals surface area contributed by atoms with Gasteiger partial charge in [0.2, 0.25) is 11.6 Å². The van der Waals surface area contributed by atoms with Crippen molar-refractivity contribution in [1.82, 2.24) is 19.1 Å². The summed E-state index contributed by atoms with van der Waals surface area (Å²) >= 11 is 0. The monoisotopic (exact) mass is 379 g/mol. The molecule has 2 aromatic heterocycles. The van der Waals surface area contributed by atoms with Gasteiger partial charge in [-0.2, -0.15) is 0 Å². The van der Waals surface area contributed by atoms with Gasteiger partial charge in [0.05, 0.1) is 12.7 Å². The van der Waals surface area contributed by atoms with Crippen molar-refractivity contribution >= 4 is 5.82 Å². The van der Waals surface area contributed by atoms with Crippen LogP contribution in [-0.4, -0.2) is 19.1 Å². The summed E-state index contributed by atoms with van der Waals surface area (Å²) in [6.45, 7) is 9.08. The van der Waals surface area contributed by atoms with Gasteiger partial charge in [0.15, 0.2) is 0 Å². The van der Waals surface area contributed by atoms with E-state index >= 15 is 0 Å². The fraction of sp³-hybridized carbons (Fsp3) is 0.174. The molecule has 0 aliphatic carbocycles. The molecule has 6 heteroatoms. The smallest absolute Gasteiger partial charge is 0.250 e. The first-order chi connectivity index (χ1) is 14.3. The third-order valence-corrected chi connectivity index (χ3v) is 5.77. The van der Waals surface area contributed by atoms with Gasteiger partial charge < -0.3 is 14.1 Å². The van der Waals surface area contributed by atoms with Gasteiger partial charge in [-0.05, 0) is 41.8 Å². The van der Waals surface area contributed by atoms with Gasteiger partial charge in [0.1, 0.15) is 17.3 Å². The lowest BCUT2D eigenvalue weighted by Gasteiger charge is -2.19. The molecule has 140 valence electrons. The number of hydrogen-bond acceptors (Lipinski definition) is 3. The maximum Gasteiger partial charge on any atom is 0.250 e. The predicted octanol–water partition coefficient (Wildman–Crippen LogP) is 4.87. The third-order valence-electron chi connectivity index (χ3n) is 5.77. The number of aryl methyl sites for hydroxylation is 3. The Hall–Kier alpha value is -3.85. The highest BCUT2D eigenvalue weighted by Crippen LogP contribution is 2.37. The molecule has 0 saturated heterocycles. The van der Waals surface area contributed by atoms with Crippen LogP contribution in [0.5, 0.6) is 11.5 Å². The molecular formula is C23H17N5O. The molecule has 0 amide bonds. The average Bonchev–Trinajstić information content (AvgIpc) is 3.40. The van der Waals surface area contributed by atoms with Gasteiger partial charge in [-0.25, -0.2) is 9.97 Å². The zero-order valence-electron chi connectivity index (χ0n) is 15.7. The fourth-order valence-electron chi connectivity index (χ4n) is 4.32. The fourth-order valence-corrected chi connectivity index (χ4v) is 4.32. The maximum absolute atomic E-state index is 7.32. The molecule has 2 aromatic carbocycles. The van der Waals surface area contributed by atoms with Crippen molar-refractivity contribution < 1.29 is 4.74 Å². The molecule has 2 aliphatic rings. The van der Waals surface area contributed by atoms with E-state index in [2.05, 4.69) is 37.6 Å². The molecule has 0 atom stereocenters. The van der Waals surface area contributed by atoms with E-state index < -0.39 is 0 Å². The second-order valence-corrected chi connectivity index (χ2v) is 7.39. The highest BCUT2D eigenvalue weighted by molar-refractivity contribution is 5.68. The van der Waals surface area contributed by atoms with Gasteiger partial charge in [0.25, 0.3) is 0 Å². The lowest BCUT2D eigenvalue weighted by atomic mass is 10.00. The Kier molecular flexibility index (Phi) is 3.38. The van der Waals surface area contributed by atoms with E-state index in [9.17, 15) is 0 Å². The van der Waals surface area contributed by atoms with Crippen molar-refractivity contribution in [3.63, 3.8) is 0 Å². The molecule has 4 heterocycles. The number of aromatic nitrogens is 4. The Balaban J connectivity index is 1.37. The summed E-state index contributed by atoms with van der Waals surface area (Å²) in [5.74, 6) is 3.98. The van der Waals surface area contributed by atoms with E-state index in [0.29, 0.717) is 5.82 Å². The molecule has 0 radical (unpaired) electrons. The molecule has 0 unspecified atom stereocenters. The Bertz CT molecular complexity index is 1310. The second kappa shape index (κ2) is 6.08. The first-order valence-electron chi connectivity index (χ1n) is 9.69. The molecule has 0 spiro atoms. The number of nitrogens with zero attached hydrogens (tertiary/aromatic N) is 5. The quantitative estimate of drug-likeness (QED) is 0.467. The first-order valence-corrected chi connectivity index (χ1v) is 9.69. The largest absolute Gasteiger partial charge is 0.457 e. The topological polar surface area (TPSA) is 49.2 Å². The summed E-state index contributed by atoms with van der Waals surface area (Å²) in [7, 11) is 0. The molecule has 6 nitrogen and oxygen atoms in total. The minimum atomic E-state index is 0.585. The van der Waals surface area contributed by atoms with Crippen LogP contribution in [0.3, 0.4) is 0 Å². The minimum Gasteiger partial charge on any atom is -0.457 e. The van der Waals surface area contributed by atoms with E-state index in [-0.39, 0.29) is 0 Å². The molecular weight excluding hydrogens is 362 g/mol. The van der Waals surface area contributed by atoms with Crippen LogP contribution < -0.4 is 4.74 Å². The van der Waals surface area contributed by atoms with Crippen LogP contribution in [-0.2, 0) is 25.9 Å². The van der Waals surface area contributed by atoms with Gasteiger partial charge in [-0.3, -0.25) is 4.57 Å². The van der Waals surface area contributed by atoms with Gasteiger partial charge in [-0.15, -0.1) is 0 Å². The van der Waals surface area contributed by atoms with Gasteiger partial charge in [0, 0.05) is 36.5 Å². The molecule has 0 N–H and O–H groups in total. The zero-order chi connectivity index (χ0) is 19.4. The molecule has 2 aliphatic heterocycles. The standard InChI is InChI=1S/C23H17N5O/c1-24-21-14-26-23-20-13-18(5-3-16(20)7-10-28(21)23)29-17-4-2-15-6-9-27-11-8-25-22(27)19(15)12-17/h2-5,8,11-14H,6-7,9-10H2. The first kappa shape index (κ1) is 16.1. The van der Waals surface area contributed by atoms with Crippen molar-refractivity contribution in [2.24, 2.45) is 0 Å². The van der Waals surface area contributed by atoms with E-state index in [1.54, 1.807) is 6.20 Å². The average molecular weight is 379 g/mol. The normalized spacial score (nSPS) is 13.6.